The molecule has 0 radical (unpaired) electrons. The van der Waals surface area contributed by atoms with Crippen LogP contribution in [0.3, 0.4) is 0 Å². The minimum absolute atomic E-state index is 0.0958. The zero-order valence-electron chi connectivity index (χ0n) is 13.6. The molecule has 0 N–H and O–H groups in total. The number of carbonyl (C=O) groups excluding carboxylic acids is 1. The van der Waals surface area contributed by atoms with Crippen molar-refractivity contribution in [2.45, 2.75) is 32.3 Å². The van der Waals surface area contributed by atoms with Crippen LogP contribution in [0, 0.1) is 5.41 Å². The lowest BCUT2D eigenvalue weighted by molar-refractivity contribution is -0.152. The maximum absolute atomic E-state index is 12.7. The van der Waals surface area contributed by atoms with Crippen LogP contribution in [-0.4, -0.2) is 12.1 Å². The van der Waals surface area contributed by atoms with Crippen LogP contribution in [0.15, 0.2) is 66.7 Å². The van der Waals surface area contributed by atoms with Crippen molar-refractivity contribution in [3.8, 4) is 0 Å². The molecule has 1 aliphatic rings. The molecule has 0 heterocycles. The third-order valence-electron chi connectivity index (χ3n) is 4.30. The minimum atomic E-state index is -0.526. The van der Waals surface area contributed by atoms with Crippen LogP contribution in [0.5, 0.6) is 0 Å². The van der Waals surface area contributed by atoms with Gasteiger partial charge < -0.3 is 4.74 Å². The number of hydrogen-bond acceptors (Lipinski definition) is 2. The molecule has 0 spiro atoms. The van der Waals surface area contributed by atoms with Gasteiger partial charge in [0, 0.05) is 5.92 Å². The standard InChI is InChI=1S/C21H22O2/c1-16(2)23-20(22)21(14-13-17-9-5-3-6-10-17)15-19(21)18-11-7-4-8-12-18/h3-14,16,19H,15H2,1-2H3/b14-13+/t19-,21+/m0/s1. The largest absolute Gasteiger partial charge is 0.462 e. The predicted molar refractivity (Wildman–Crippen MR) is 92.9 cm³/mol. The molecule has 1 aliphatic carbocycles. The third kappa shape index (κ3) is 3.37. The van der Waals surface area contributed by atoms with E-state index in [0.29, 0.717) is 0 Å². The van der Waals surface area contributed by atoms with Crippen molar-refractivity contribution in [2.75, 3.05) is 0 Å². The monoisotopic (exact) mass is 306 g/mol. The fraction of sp³-hybridized carbons (Fsp3) is 0.286. The number of hydrogen-bond donors (Lipinski definition) is 0. The number of ether oxygens (including phenoxy) is 1. The van der Waals surface area contributed by atoms with Gasteiger partial charge in [0.25, 0.3) is 0 Å². The summed E-state index contributed by atoms with van der Waals surface area (Å²) in [5, 5.41) is 0. The zero-order valence-corrected chi connectivity index (χ0v) is 13.6. The Kier molecular flexibility index (Phi) is 4.33. The molecule has 0 aliphatic heterocycles. The van der Waals surface area contributed by atoms with E-state index in [1.807, 2.05) is 74.5 Å². The molecular weight excluding hydrogens is 284 g/mol. The second kappa shape index (κ2) is 6.41. The molecule has 2 nitrogen and oxygen atoms in total. The Hall–Kier alpha value is -2.35. The van der Waals surface area contributed by atoms with Crippen LogP contribution < -0.4 is 0 Å². The average Bonchev–Trinajstić information content (AvgIpc) is 3.30. The smallest absolute Gasteiger partial charge is 0.316 e. The van der Waals surface area contributed by atoms with Gasteiger partial charge in [0.05, 0.1) is 11.5 Å². The first-order valence-electron chi connectivity index (χ1n) is 8.12. The molecule has 118 valence electrons. The van der Waals surface area contributed by atoms with Gasteiger partial charge in [-0.25, -0.2) is 0 Å². The lowest BCUT2D eigenvalue weighted by atomic mass is 9.97. The van der Waals surface area contributed by atoms with Gasteiger partial charge in [0.15, 0.2) is 0 Å². The molecule has 2 aromatic rings. The molecule has 3 rings (SSSR count). The van der Waals surface area contributed by atoms with Gasteiger partial charge in [-0.1, -0.05) is 72.8 Å². The van der Waals surface area contributed by atoms with Crippen molar-refractivity contribution in [1.29, 1.82) is 0 Å². The molecule has 0 amide bonds. The van der Waals surface area contributed by atoms with Gasteiger partial charge in [-0.2, -0.15) is 0 Å². The Labute approximate surface area is 137 Å². The van der Waals surface area contributed by atoms with E-state index in [1.54, 1.807) is 0 Å². The molecule has 0 bridgehead atoms. The SMILES string of the molecule is CC(C)OC(=O)[C@]1(/C=C/c2ccccc2)C[C@H]1c1ccccc1. The van der Waals surface area contributed by atoms with Gasteiger partial charge in [-0.05, 0) is 31.4 Å². The lowest BCUT2D eigenvalue weighted by Gasteiger charge is -2.15. The van der Waals surface area contributed by atoms with Gasteiger partial charge in [-0.3, -0.25) is 4.79 Å². The van der Waals surface area contributed by atoms with E-state index in [4.69, 9.17) is 4.74 Å². The van der Waals surface area contributed by atoms with E-state index in [2.05, 4.69) is 12.1 Å². The third-order valence-corrected chi connectivity index (χ3v) is 4.30. The molecular formula is C21H22O2. The van der Waals surface area contributed by atoms with Crippen LogP contribution in [0.4, 0.5) is 0 Å². The highest BCUT2D eigenvalue weighted by Gasteiger charge is 2.60. The van der Waals surface area contributed by atoms with E-state index in [9.17, 15) is 4.79 Å². The van der Waals surface area contributed by atoms with Crippen molar-refractivity contribution >= 4 is 12.0 Å². The molecule has 1 saturated carbocycles. The number of rotatable bonds is 5. The zero-order chi connectivity index (χ0) is 16.3. The molecule has 1 fully saturated rings. The lowest BCUT2D eigenvalue weighted by Crippen LogP contribution is -2.22. The maximum atomic E-state index is 12.7. The predicted octanol–water partition coefficient (Wildman–Crippen LogP) is 4.83. The summed E-state index contributed by atoms with van der Waals surface area (Å²) < 4.78 is 5.53. The number of esters is 1. The van der Waals surface area contributed by atoms with Crippen LogP contribution >= 0.6 is 0 Å². The Morgan fingerprint density at radius 3 is 2.30 bits per heavy atom. The fourth-order valence-electron chi connectivity index (χ4n) is 2.99. The van der Waals surface area contributed by atoms with Crippen LogP contribution in [-0.2, 0) is 9.53 Å². The highest BCUT2D eigenvalue weighted by Crippen LogP contribution is 2.61. The van der Waals surface area contributed by atoms with Crippen molar-refractivity contribution in [1.82, 2.24) is 0 Å². The number of carbonyl (C=O) groups is 1. The summed E-state index contributed by atoms with van der Waals surface area (Å²) >= 11 is 0. The average molecular weight is 306 g/mol. The van der Waals surface area contributed by atoms with Gasteiger partial charge in [0.1, 0.15) is 0 Å². The molecule has 0 saturated heterocycles. The first-order valence-corrected chi connectivity index (χ1v) is 8.12. The Morgan fingerprint density at radius 1 is 1.09 bits per heavy atom. The summed E-state index contributed by atoms with van der Waals surface area (Å²) in [7, 11) is 0. The molecule has 2 aromatic carbocycles. The topological polar surface area (TPSA) is 26.3 Å². The Balaban J connectivity index is 1.87. The molecule has 23 heavy (non-hydrogen) atoms. The van der Waals surface area contributed by atoms with Gasteiger partial charge >= 0.3 is 5.97 Å². The summed E-state index contributed by atoms with van der Waals surface area (Å²) in [5.74, 6) is 0.0865. The second-order valence-electron chi connectivity index (χ2n) is 6.41. The molecule has 2 heteroatoms. The first-order chi connectivity index (χ1) is 11.1. The van der Waals surface area contributed by atoms with Crippen molar-refractivity contribution < 1.29 is 9.53 Å². The Morgan fingerprint density at radius 2 is 1.70 bits per heavy atom. The summed E-state index contributed by atoms with van der Waals surface area (Å²) in [6.45, 7) is 3.79. The van der Waals surface area contributed by atoms with Crippen molar-refractivity contribution in [2.24, 2.45) is 5.41 Å². The van der Waals surface area contributed by atoms with Crippen LogP contribution in [0.25, 0.3) is 6.08 Å². The van der Waals surface area contributed by atoms with Crippen molar-refractivity contribution in [3.63, 3.8) is 0 Å². The van der Waals surface area contributed by atoms with E-state index in [1.165, 1.54) is 5.56 Å². The minimum Gasteiger partial charge on any atom is -0.462 e. The normalized spacial score (nSPS) is 23.2. The first kappa shape index (κ1) is 15.5. The number of benzene rings is 2. The highest BCUT2D eigenvalue weighted by atomic mass is 16.5. The fourth-order valence-corrected chi connectivity index (χ4v) is 2.99. The van der Waals surface area contributed by atoms with Crippen LogP contribution in [0.2, 0.25) is 0 Å². The second-order valence-corrected chi connectivity index (χ2v) is 6.41. The van der Waals surface area contributed by atoms with E-state index in [0.717, 1.165) is 12.0 Å². The molecule has 0 aromatic heterocycles. The van der Waals surface area contributed by atoms with Crippen LogP contribution in [0.1, 0.15) is 37.3 Å². The Bertz CT molecular complexity index is 688. The maximum Gasteiger partial charge on any atom is 0.316 e. The van der Waals surface area contributed by atoms with Gasteiger partial charge in [-0.15, -0.1) is 0 Å². The van der Waals surface area contributed by atoms with E-state index in [-0.39, 0.29) is 18.0 Å². The van der Waals surface area contributed by atoms with E-state index >= 15 is 0 Å². The quantitative estimate of drug-likeness (QED) is 0.740. The summed E-state index contributed by atoms with van der Waals surface area (Å²) in [5.41, 5.74) is 1.77. The van der Waals surface area contributed by atoms with E-state index < -0.39 is 5.41 Å². The summed E-state index contributed by atoms with van der Waals surface area (Å²) in [4.78, 5) is 12.7. The highest BCUT2D eigenvalue weighted by molar-refractivity contribution is 5.86. The van der Waals surface area contributed by atoms with Crippen molar-refractivity contribution in [3.05, 3.63) is 77.9 Å². The summed E-state index contributed by atoms with van der Waals surface area (Å²) in [6, 6.07) is 20.3. The van der Waals surface area contributed by atoms with Gasteiger partial charge in [0.2, 0.25) is 0 Å². The molecule has 2 atom stereocenters. The molecule has 0 unspecified atom stereocenters. The summed E-state index contributed by atoms with van der Waals surface area (Å²) in [6.07, 6.45) is 4.78.